The standard InChI is InChI=1S/C17H18BrFO/c1-17(2,3)13-7-5-8-14(10-13)20-11-12-6-4-9-15(19)16(12)18/h4-10H,11H2,1-3H3. The van der Waals surface area contributed by atoms with Crippen LogP contribution in [0.25, 0.3) is 0 Å². The van der Waals surface area contributed by atoms with Gasteiger partial charge in [-0.25, -0.2) is 4.39 Å². The van der Waals surface area contributed by atoms with Crippen LogP contribution in [0.4, 0.5) is 4.39 Å². The topological polar surface area (TPSA) is 9.23 Å². The molecule has 0 heterocycles. The van der Waals surface area contributed by atoms with Crippen molar-refractivity contribution in [1.29, 1.82) is 0 Å². The Morgan fingerprint density at radius 3 is 2.50 bits per heavy atom. The van der Waals surface area contributed by atoms with Crippen molar-refractivity contribution in [3.8, 4) is 5.75 Å². The third-order valence-corrected chi connectivity index (χ3v) is 4.01. The maximum Gasteiger partial charge on any atom is 0.137 e. The van der Waals surface area contributed by atoms with E-state index in [4.69, 9.17) is 4.74 Å². The molecule has 0 aliphatic rings. The average molecular weight is 337 g/mol. The van der Waals surface area contributed by atoms with Gasteiger partial charge in [0.2, 0.25) is 0 Å². The molecule has 0 N–H and O–H groups in total. The van der Waals surface area contributed by atoms with Crippen LogP contribution in [0.3, 0.4) is 0 Å². The van der Waals surface area contributed by atoms with Crippen molar-refractivity contribution in [2.45, 2.75) is 32.8 Å². The molecular weight excluding hydrogens is 319 g/mol. The smallest absolute Gasteiger partial charge is 0.137 e. The molecule has 1 nitrogen and oxygen atoms in total. The van der Waals surface area contributed by atoms with Gasteiger partial charge in [0.1, 0.15) is 18.2 Å². The minimum absolute atomic E-state index is 0.0822. The van der Waals surface area contributed by atoms with Gasteiger partial charge in [0, 0.05) is 5.56 Å². The first-order valence-electron chi connectivity index (χ1n) is 6.54. The second kappa shape index (κ2) is 5.96. The van der Waals surface area contributed by atoms with Crippen molar-refractivity contribution in [3.63, 3.8) is 0 Å². The predicted molar refractivity (Wildman–Crippen MR) is 83.6 cm³/mol. The molecule has 2 rings (SSSR count). The van der Waals surface area contributed by atoms with Crippen LogP contribution in [-0.4, -0.2) is 0 Å². The zero-order chi connectivity index (χ0) is 14.8. The Morgan fingerprint density at radius 2 is 1.80 bits per heavy atom. The highest BCUT2D eigenvalue weighted by atomic mass is 79.9. The molecule has 0 radical (unpaired) electrons. The van der Waals surface area contributed by atoms with Gasteiger partial charge in [-0.05, 0) is 45.1 Å². The molecule has 0 saturated heterocycles. The molecule has 0 bridgehead atoms. The number of halogens is 2. The lowest BCUT2D eigenvalue weighted by Gasteiger charge is -2.19. The van der Waals surface area contributed by atoms with E-state index in [9.17, 15) is 4.39 Å². The summed E-state index contributed by atoms with van der Waals surface area (Å²) >= 11 is 3.24. The second-order valence-electron chi connectivity index (χ2n) is 5.78. The third-order valence-electron chi connectivity index (χ3n) is 3.13. The van der Waals surface area contributed by atoms with Crippen LogP contribution in [-0.2, 0) is 12.0 Å². The lowest BCUT2D eigenvalue weighted by molar-refractivity contribution is 0.304. The molecule has 106 valence electrons. The van der Waals surface area contributed by atoms with Crippen LogP contribution in [0.1, 0.15) is 31.9 Å². The van der Waals surface area contributed by atoms with Crippen molar-refractivity contribution < 1.29 is 9.13 Å². The quantitative estimate of drug-likeness (QED) is 0.722. The molecular formula is C17H18BrFO. The fourth-order valence-corrected chi connectivity index (χ4v) is 2.25. The lowest BCUT2D eigenvalue weighted by Crippen LogP contribution is -2.11. The van der Waals surface area contributed by atoms with Gasteiger partial charge in [-0.2, -0.15) is 0 Å². The molecule has 2 aromatic carbocycles. The number of ether oxygens (including phenoxy) is 1. The SMILES string of the molecule is CC(C)(C)c1cccc(OCc2cccc(F)c2Br)c1. The van der Waals surface area contributed by atoms with Crippen LogP contribution >= 0.6 is 15.9 Å². The minimum Gasteiger partial charge on any atom is -0.489 e. The molecule has 3 heteroatoms. The van der Waals surface area contributed by atoms with Gasteiger partial charge in [0.05, 0.1) is 4.47 Å². The molecule has 0 aromatic heterocycles. The van der Waals surface area contributed by atoms with Gasteiger partial charge in [0.25, 0.3) is 0 Å². The fraction of sp³-hybridized carbons (Fsp3) is 0.294. The zero-order valence-corrected chi connectivity index (χ0v) is 13.5. The summed E-state index contributed by atoms with van der Waals surface area (Å²) in [5.74, 6) is 0.531. The fourth-order valence-electron chi connectivity index (χ4n) is 1.87. The summed E-state index contributed by atoms with van der Waals surface area (Å²) in [5, 5.41) is 0. The Kier molecular flexibility index (Phi) is 4.48. The summed E-state index contributed by atoms with van der Waals surface area (Å²) in [4.78, 5) is 0. The van der Waals surface area contributed by atoms with Gasteiger partial charge < -0.3 is 4.74 Å². The molecule has 0 unspecified atom stereocenters. The van der Waals surface area contributed by atoms with Crippen LogP contribution < -0.4 is 4.74 Å². The maximum absolute atomic E-state index is 13.4. The van der Waals surface area contributed by atoms with E-state index in [-0.39, 0.29) is 11.2 Å². The number of hydrogen-bond donors (Lipinski definition) is 0. The van der Waals surface area contributed by atoms with Crippen molar-refractivity contribution in [1.82, 2.24) is 0 Å². The number of rotatable bonds is 3. The van der Waals surface area contributed by atoms with E-state index in [2.05, 4.69) is 42.8 Å². The summed E-state index contributed by atoms with van der Waals surface area (Å²) in [7, 11) is 0. The van der Waals surface area contributed by atoms with Crippen LogP contribution in [0, 0.1) is 5.82 Å². The first kappa shape index (κ1) is 15.0. The Hall–Kier alpha value is -1.35. The summed E-state index contributed by atoms with van der Waals surface area (Å²) in [6.45, 7) is 6.83. The monoisotopic (exact) mass is 336 g/mol. The minimum atomic E-state index is -0.269. The molecule has 2 aromatic rings. The van der Waals surface area contributed by atoms with Crippen molar-refractivity contribution in [3.05, 3.63) is 63.9 Å². The Bertz CT molecular complexity index is 602. The molecule has 0 aliphatic heterocycles. The molecule has 0 fully saturated rings. The Balaban J connectivity index is 2.13. The zero-order valence-electron chi connectivity index (χ0n) is 11.9. The maximum atomic E-state index is 13.4. The van der Waals surface area contributed by atoms with Gasteiger partial charge in [-0.1, -0.05) is 45.0 Å². The summed E-state index contributed by atoms with van der Waals surface area (Å²) in [6, 6.07) is 13.0. The molecule has 0 atom stereocenters. The first-order chi connectivity index (χ1) is 9.38. The number of hydrogen-bond acceptors (Lipinski definition) is 1. The highest BCUT2D eigenvalue weighted by molar-refractivity contribution is 9.10. The second-order valence-corrected chi connectivity index (χ2v) is 6.57. The van der Waals surface area contributed by atoms with Crippen LogP contribution in [0.5, 0.6) is 5.75 Å². The molecule has 0 spiro atoms. The molecule has 20 heavy (non-hydrogen) atoms. The van der Waals surface area contributed by atoms with Crippen molar-refractivity contribution in [2.75, 3.05) is 0 Å². The predicted octanol–water partition coefficient (Wildman–Crippen LogP) is 5.46. The summed E-state index contributed by atoms with van der Waals surface area (Å²) < 4.78 is 19.7. The number of benzene rings is 2. The Morgan fingerprint density at radius 1 is 1.10 bits per heavy atom. The largest absolute Gasteiger partial charge is 0.489 e. The third kappa shape index (κ3) is 3.60. The van der Waals surface area contributed by atoms with E-state index in [1.807, 2.05) is 24.3 Å². The summed E-state index contributed by atoms with van der Waals surface area (Å²) in [5.41, 5.74) is 2.10. The van der Waals surface area contributed by atoms with E-state index in [1.54, 1.807) is 6.07 Å². The molecule has 0 saturated carbocycles. The van der Waals surface area contributed by atoms with Gasteiger partial charge in [0.15, 0.2) is 0 Å². The highest BCUT2D eigenvalue weighted by Gasteiger charge is 2.14. The van der Waals surface area contributed by atoms with Crippen molar-refractivity contribution in [2.24, 2.45) is 0 Å². The van der Waals surface area contributed by atoms with Gasteiger partial charge >= 0.3 is 0 Å². The van der Waals surface area contributed by atoms with E-state index in [1.165, 1.54) is 11.6 Å². The van der Waals surface area contributed by atoms with Gasteiger partial charge in [-0.15, -0.1) is 0 Å². The van der Waals surface area contributed by atoms with E-state index >= 15 is 0 Å². The van der Waals surface area contributed by atoms with Crippen LogP contribution in [0.2, 0.25) is 0 Å². The van der Waals surface area contributed by atoms with E-state index < -0.39 is 0 Å². The van der Waals surface area contributed by atoms with Crippen molar-refractivity contribution >= 4 is 15.9 Å². The van der Waals surface area contributed by atoms with E-state index in [0.29, 0.717) is 11.1 Å². The molecule has 0 amide bonds. The average Bonchev–Trinajstić information content (AvgIpc) is 2.40. The lowest BCUT2D eigenvalue weighted by atomic mass is 9.87. The van der Waals surface area contributed by atoms with E-state index in [0.717, 1.165) is 11.3 Å². The highest BCUT2D eigenvalue weighted by Crippen LogP contribution is 2.27. The summed E-state index contributed by atoms with van der Waals surface area (Å²) in [6.07, 6.45) is 0. The first-order valence-corrected chi connectivity index (χ1v) is 7.33. The van der Waals surface area contributed by atoms with Gasteiger partial charge in [-0.3, -0.25) is 0 Å². The molecule has 0 aliphatic carbocycles. The Labute approximate surface area is 127 Å². The normalized spacial score (nSPS) is 11.4. The van der Waals surface area contributed by atoms with Crippen LogP contribution in [0.15, 0.2) is 46.9 Å².